The molecule has 0 atom stereocenters. The van der Waals surface area contributed by atoms with Gasteiger partial charge < -0.3 is 0 Å². The maximum absolute atomic E-state index is 2.68. The van der Waals surface area contributed by atoms with E-state index in [0.29, 0.717) is 0 Å². The van der Waals surface area contributed by atoms with Crippen molar-refractivity contribution in [2.24, 2.45) is 0 Å². The van der Waals surface area contributed by atoms with E-state index in [0.717, 1.165) is 8.97 Å². The lowest BCUT2D eigenvalue weighted by atomic mass is 10.1. The predicted molar refractivity (Wildman–Crippen MR) is 91.6 cm³/mol. The summed E-state index contributed by atoms with van der Waals surface area (Å²) in [4.78, 5) is 2.68. The van der Waals surface area contributed by atoms with Gasteiger partial charge in [0.2, 0.25) is 0 Å². The van der Waals surface area contributed by atoms with Crippen molar-refractivity contribution in [3.8, 4) is 0 Å². The van der Waals surface area contributed by atoms with Crippen LogP contribution in [0.25, 0.3) is 0 Å². The summed E-state index contributed by atoms with van der Waals surface area (Å²) in [5, 5.41) is 0. The van der Waals surface area contributed by atoms with Gasteiger partial charge in [0.15, 0.2) is 0 Å². The molecule has 0 bridgehead atoms. The van der Waals surface area contributed by atoms with Crippen molar-refractivity contribution < 1.29 is 13.5 Å². The Labute approximate surface area is 132 Å². The van der Waals surface area contributed by atoms with Crippen LogP contribution in [-0.4, -0.2) is 99.9 Å². The van der Waals surface area contributed by atoms with Crippen LogP contribution in [0.5, 0.6) is 0 Å². The van der Waals surface area contributed by atoms with Crippen molar-refractivity contribution in [3.05, 3.63) is 0 Å². The third kappa shape index (κ3) is 6.05. The number of nitrogens with zero attached hydrogens (tertiary/aromatic N) is 4. The van der Waals surface area contributed by atoms with Gasteiger partial charge in [-0.2, -0.15) is 8.97 Å². The van der Waals surface area contributed by atoms with Crippen molar-refractivity contribution in [2.45, 2.75) is 32.1 Å². The SMILES string of the molecule is C[N+](C)=C([N+](C)(C)C)[N+](C)(C)CCN1CCCCCCC1. The molecule has 0 N–H and O–H groups in total. The van der Waals surface area contributed by atoms with E-state index in [4.69, 9.17) is 0 Å². The molecule has 4 nitrogen and oxygen atoms in total. The Morgan fingerprint density at radius 3 is 1.76 bits per heavy atom. The number of hydrogen-bond acceptors (Lipinski definition) is 1. The lowest BCUT2D eigenvalue weighted by Gasteiger charge is -2.34. The zero-order valence-electron chi connectivity index (χ0n) is 15.7. The largest absolute Gasteiger partial charge is 0.531 e. The highest BCUT2D eigenvalue weighted by atomic mass is 15.5. The molecule has 0 aromatic heterocycles. The molecule has 21 heavy (non-hydrogen) atoms. The number of likely N-dealkylation sites (N-methyl/N-ethyl adjacent to an activating group) is 1. The van der Waals surface area contributed by atoms with Crippen LogP contribution >= 0.6 is 0 Å². The average Bonchev–Trinajstić information content (AvgIpc) is 2.23. The van der Waals surface area contributed by atoms with E-state index in [2.05, 4.69) is 58.8 Å². The second kappa shape index (κ2) is 7.70. The smallest absolute Gasteiger partial charge is 0.298 e. The molecule has 0 aromatic rings. The van der Waals surface area contributed by atoms with Gasteiger partial charge in [0, 0.05) is 6.54 Å². The Morgan fingerprint density at radius 2 is 1.33 bits per heavy atom. The molecule has 4 heteroatoms. The molecule has 1 aliphatic heterocycles. The van der Waals surface area contributed by atoms with E-state index in [1.165, 1.54) is 64.2 Å². The van der Waals surface area contributed by atoms with Gasteiger partial charge in [-0.1, -0.05) is 19.3 Å². The first-order valence-corrected chi connectivity index (χ1v) is 8.57. The Morgan fingerprint density at radius 1 is 0.857 bits per heavy atom. The summed E-state index contributed by atoms with van der Waals surface area (Å²) in [6.07, 6.45) is 7.04. The molecule has 1 fully saturated rings. The Hall–Kier alpha value is -0.450. The van der Waals surface area contributed by atoms with Gasteiger partial charge in [-0.25, -0.2) is 0 Å². The van der Waals surface area contributed by atoms with Crippen LogP contribution in [0.1, 0.15) is 32.1 Å². The normalized spacial score (nSPS) is 19.0. The van der Waals surface area contributed by atoms with Crippen molar-refractivity contribution in [1.29, 1.82) is 0 Å². The van der Waals surface area contributed by atoms with Crippen LogP contribution in [0.15, 0.2) is 0 Å². The fourth-order valence-corrected chi connectivity index (χ4v) is 3.98. The molecule has 0 spiro atoms. The lowest BCUT2D eigenvalue weighted by Crippen LogP contribution is -2.63. The monoisotopic (exact) mass is 299 g/mol. The van der Waals surface area contributed by atoms with E-state index < -0.39 is 0 Å². The first kappa shape index (κ1) is 18.6. The number of hydrogen-bond donors (Lipinski definition) is 0. The highest BCUT2D eigenvalue weighted by Crippen LogP contribution is 2.12. The molecular formula is C17H39N4+3. The minimum Gasteiger partial charge on any atom is -0.298 e. The third-order valence-corrected chi connectivity index (χ3v) is 4.47. The van der Waals surface area contributed by atoms with Crippen molar-refractivity contribution in [1.82, 2.24) is 4.90 Å². The molecule has 1 saturated heterocycles. The van der Waals surface area contributed by atoms with E-state index >= 15 is 0 Å². The summed E-state index contributed by atoms with van der Waals surface area (Å²) >= 11 is 0. The summed E-state index contributed by atoms with van der Waals surface area (Å²) in [7, 11) is 15.9. The molecule has 1 heterocycles. The van der Waals surface area contributed by atoms with E-state index in [-0.39, 0.29) is 0 Å². The average molecular weight is 300 g/mol. The van der Waals surface area contributed by atoms with Gasteiger partial charge in [0.05, 0.1) is 35.2 Å². The Bertz CT molecular complexity index is 340. The van der Waals surface area contributed by atoms with E-state index in [1.807, 2.05) is 0 Å². The second-order valence-corrected chi connectivity index (χ2v) is 8.22. The minimum atomic E-state index is 0.889. The highest BCUT2D eigenvalue weighted by Gasteiger charge is 2.43. The highest BCUT2D eigenvalue weighted by molar-refractivity contribution is 5.59. The lowest BCUT2D eigenvalue weighted by molar-refractivity contribution is -0.946. The maximum atomic E-state index is 2.68. The van der Waals surface area contributed by atoms with Crippen LogP contribution in [0, 0.1) is 0 Å². The van der Waals surface area contributed by atoms with Crippen LogP contribution in [0.4, 0.5) is 0 Å². The van der Waals surface area contributed by atoms with Crippen LogP contribution in [0.2, 0.25) is 0 Å². The van der Waals surface area contributed by atoms with Gasteiger partial charge in [-0.3, -0.25) is 4.90 Å². The first-order valence-electron chi connectivity index (χ1n) is 8.57. The van der Waals surface area contributed by atoms with Crippen LogP contribution in [0.3, 0.4) is 0 Å². The summed E-state index contributed by atoms with van der Waals surface area (Å²) in [5.74, 6) is 1.45. The van der Waals surface area contributed by atoms with Crippen LogP contribution in [-0.2, 0) is 0 Å². The third-order valence-electron chi connectivity index (χ3n) is 4.47. The Balaban J connectivity index is 2.68. The zero-order valence-corrected chi connectivity index (χ0v) is 15.7. The fourth-order valence-electron chi connectivity index (χ4n) is 3.98. The Kier molecular flexibility index (Phi) is 6.82. The van der Waals surface area contributed by atoms with Crippen LogP contribution < -0.4 is 0 Å². The first-order chi connectivity index (χ1) is 9.64. The molecule has 0 aromatic carbocycles. The topological polar surface area (TPSA) is 6.25 Å². The molecular weight excluding hydrogens is 260 g/mol. The number of guanidine groups is 1. The molecule has 0 unspecified atom stereocenters. The van der Waals surface area contributed by atoms with Gasteiger partial charge in [-0.15, -0.1) is 4.58 Å². The van der Waals surface area contributed by atoms with Crippen molar-refractivity contribution in [2.75, 3.05) is 75.5 Å². The number of quaternary nitrogens is 2. The van der Waals surface area contributed by atoms with Crippen molar-refractivity contribution >= 4 is 5.96 Å². The maximum Gasteiger partial charge on any atom is 0.531 e. The molecule has 0 amide bonds. The molecule has 1 aliphatic rings. The van der Waals surface area contributed by atoms with Gasteiger partial charge >= 0.3 is 5.96 Å². The summed E-state index contributed by atoms with van der Waals surface area (Å²) < 4.78 is 4.15. The molecule has 0 aliphatic carbocycles. The minimum absolute atomic E-state index is 0.889. The van der Waals surface area contributed by atoms with E-state index in [1.54, 1.807) is 0 Å². The standard InChI is InChI=1S/C17H39N4/c1-18(2)17(20(3,4)5)21(6,7)16-15-19-13-11-9-8-10-12-14-19/h8-16H2,1-7H3/q+3. The number of likely N-dealkylation sites (tertiary alicyclic amines) is 1. The van der Waals surface area contributed by atoms with Gasteiger partial charge in [0.1, 0.15) is 20.6 Å². The molecule has 124 valence electrons. The van der Waals surface area contributed by atoms with Crippen molar-refractivity contribution in [3.63, 3.8) is 0 Å². The molecule has 0 saturated carbocycles. The van der Waals surface area contributed by atoms with Gasteiger partial charge in [-0.05, 0) is 25.9 Å². The summed E-state index contributed by atoms with van der Waals surface area (Å²) in [5.41, 5.74) is 0. The number of rotatable bonds is 3. The zero-order chi connectivity index (χ0) is 16.1. The quantitative estimate of drug-likeness (QED) is 0.332. The molecule has 1 rings (SSSR count). The van der Waals surface area contributed by atoms with Gasteiger partial charge in [0.25, 0.3) is 0 Å². The predicted octanol–water partition coefficient (Wildman–Crippen LogP) is 1.66. The van der Waals surface area contributed by atoms with E-state index in [9.17, 15) is 0 Å². The second-order valence-electron chi connectivity index (χ2n) is 8.22. The summed E-state index contributed by atoms with van der Waals surface area (Å²) in [6.45, 7) is 4.98. The fraction of sp³-hybridized carbons (Fsp3) is 0.941. The summed E-state index contributed by atoms with van der Waals surface area (Å²) in [6, 6.07) is 0. The molecule has 0 radical (unpaired) electrons.